The van der Waals surface area contributed by atoms with Crippen molar-refractivity contribution in [3.63, 3.8) is 0 Å². The van der Waals surface area contributed by atoms with Crippen LogP contribution in [0.25, 0.3) is 0 Å². The van der Waals surface area contributed by atoms with E-state index in [0.29, 0.717) is 5.56 Å². The van der Waals surface area contributed by atoms with Gasteiger partial charge in [0.25, 0.3) is 0 Å². The van der Waals surface area contributed by atoms with Gasteiger partial charge in [-0.15, -0.1) is 0 Å². The third-order valence-electron chi connectivity index (χ3n) is 4.29. The fourth-order valence-corrected chi connectivity index (χ4v) is 2.76. The highest BCUT2D eigenvalue weighted by Crippen LogP contribution is 2.30. The van der Waals surface area contributed by atoms with Crippen molar-refractivity contribution in [2.75, 3.05) is 0 Å². The molecular weight excluding hydrogens is 310 g/mol. The first-order valence-corrected chi connectivity index (χ1v) is 8.08. The second-order valence-electron chi connectivity index (χ2n) is 6.21. The van der Waals surface area contributed by atoms with Crippen LogP contribution in [0.15, 0.2) is 48.5 Å². The molecule has 0 saturated heterocycles. The number of benzene rings is 2. The minimum Gasteiger partial charge on any atom is -0.335 e. The minimum atomic E-state index is -0.624. The van der Waals surface area contributed by atoms with E-state index in [2.05, 4.69) is 0 Å². The lowest BCUT2D eigenvalue weighted by Gasteiger charge is -2.24. The number of hydrogen-bond donors (Lipinski definition) is 1. The molecule has 3 rings (SSSR count). The van der Waals surface area contributed by atoms with E-state index in [9.17, 15) is 13.6 Å². The smallest absolute Gasteiger partial charge is 0.225 e. The van der Waals surface area contributed by atoms with Gasteiger partial charge in [0.2, 0.25) is 5.91 Å². The summed E-state index contributed by atoms with van der Waals surface area (Å²) in [6.45, 7) is 0.150. The Kier molecular flexibility index (Phi) is 4.90. The Morgan fingerprint density at radius 2 is 1.88 bits per heavy atom. The maximum absolute atomic E-state index is 13.9. The van der Waals surface area contributed by atoms with Crippen molar-refractivity contribution in [3.05, 3.63) is 71.3 Å². The molecule has 1 amide bonds. The van der Waals surface area contributed by atoms with E-state index in [0.717, 1.165) is 24.5 Å². The topological polar surface area (TPSA) is 46.3 Å². The SMILES string of the molecule is NC(CC(=O)N(Cc1ccc(F)cc1F)C1CC1)c1ccccc1. The molecule has 1 atom stereocenters. The van der Waals surface area contributed by atoms with E-state index in [1.807, 2.05) is 30.3 Å². The van der Waals surface area contributed by atoms with Gasteiger partial charge in [-0.2, -0.15) is 0 Å². The first kappa shape index (κ1) is 16.6. The standard InChI is InChI=1S/C19H20F2N2O/c20-15-7-6-14(17(21)10-15)12-23(16-8-9-16)19(24)11-18(22)13-4-2-1-3-5-13/h1-7,10,16,18H,8-9,11-12,22H2. The molecule has 1 unspecified atom stereocenters. The quantitative estimate of drug-likeness (QED) is 0.880. The third-order valence-corrected chi connectivity index (χ3v) is 4.29. The molecule has 0 radical (unpaired) electrons. The van der Waals surface area contributed by atoms with Gasteiger partial charge in [0.05, 0.1) is 0 Å². The van der Waals surface area contributed by atoms with Crippen LogP contribution >= 0.6 is 0 Å². The fraction of sp³-hybridized carbons (Fsp3) is 0.316. The number of amides is 1. The second-order valence-corrected chi connectivity index (χ2v) is 6.21. The highest BCUT2D eigenvalue weighted by atomic mass is 19.1. The zero-order chi connectivity index (χ0) is 17.1. The van der Waals surface area contributed by atoms with Crippen LogP contribution in [0, 0.1) is 11.6 Å². The average molecular weight is 330 g/mol. The summed E-state index contributed by atoms with van der Waals surface area (Å²) in [5.41, 5.74) is 7.35. The van der Waals surface area contributed by atoms with Crippen LogP contribution in [0.5, 0.6) is 0 Å². The molecule has 24 heavy (non-hydrogen) atoms. The molecule has 2 aromatic carbocycles. The summed E-state index contributed by atoms with van der Waals surface area (Å²) in [6, 6.07) is 12.6. The molecule has 2 aromatic rings. The van der Waals surface area contributed by atoms with Gasteiger partial charge < -0.3 is 10.6 Å². The minimum absolute atomic E-state index is 0.0995. The van der Waals surface area contributed by atoms with Crippen LogP contribution in [0.2, 0.25) is 0 Å². The van der Waals surface area contributed by atoms with E-state index in [4.69, 9.17) is 5.73 Å². The van der Waals surface area contributed by atoms with Crippen molar-refractivity contribution in [2.24, 2.45) is 5.73 Å². The number of hydrogen-bond acceptors (Lipinski definition) is 2. The monoisotopic (exact) mass is 330 g/mol. The molecule has 3 nitrogen and oxygen atoms in total. The number of rotatable bonds is 6. The Hall–Kier alpha value is -2.27. The van der Waals surface area contributed by atoms with Crippen LogP contribution < -0.4 is 5.73 Å². The number of carbonyl (C=O) groups excluding carboxylic acids is 1. The molecule has 0 heterocycles. The Labute approximate surface area is 140 Å². The van der Waals surface area contributed by atoms with Crippen LogP contribution in [-0.2, 0) is 11.3 Å². The van der Waals surface area contributed by atoms with E-state index in [-0.39, 0.29) is 24.9 Å². The summed E-state index contributed by atoms with van der Waals surface area (Å²) in [6.07, 6.45) is 1.99. The number of nitrogens with zero attached hydrogens (tertiary/aromatic N) is 1. The Morgan fingerprint density at radius 1 is 1.17 bits per heavy atom. The zero-order valence-electron chi connectivity index (χ0n) is 13.3. The molecule has 0 aliphatic heterocycles. The summed E-state index contributed by atoms with van der Waals surface area (Å²) < 4.78 is 26.9. The Balaban J connectivity index is 1.70. The van der Waals surface area contributed by atoms with Gasteiger partial charge in [0.15, 0.2) is 0 Å². The predicted molar refractivity (Wildman–Crippen MR) is 87.9 cm³/mol. The van der Waals surface area contributed by atoms with Gasteiger partial charge in [-0.05, 0) is 24.5 Å². The molecule has 0 aromatic heterocycles. The normalized spacial score (nSPS) is 15.1. The molecular formula is C19H20F2N2O. The Morgan fingerprint density at radius 3 is 2.50 bits per heavy atom. The average Bonchev–Trinajstić information content (AvgIpc) is 3.39. The van der Waals surface area contributed by atoms with Gasteiger partial charge in [0.1, 0.15) is 11.6 Å². The molecule has 126 valence electrons. The summed E-state index contributed by atoms with van der Waals surface area (Å²) in [5, 5.41) is 0. The predicted octanol–water partition coefficient (Wildman–Crippen LogP) is 3.55. The first-order chi connectivity index (χ1) is 11.5. The molecule has 0 spiro atoms. The molecule has 5 heteroatoms. The van der Waals surface area contributed by atoms with Gasteiger partial charge in [-0.25, -0.2) is 8.78 Å². The molecule has 0 bridgehead atoms. The Bertz CT molecular complexity index is 717. The van der Waals surface area contributed by atoms with Crippen molar-refractivity contribution in [2.45, 2.75) is 37.9 Å². The third kappa shape index (κ3) is 3.97. The van der Waals surface area contributed by atoms with Crippen molar-refractivity contribution in [1.82, 2.24) is 4.90 Å². The van der Waals surface area contributed by atoms with Crippen molar-refractivity contribution in [3.8, 4) is 0 Å². The van der Waals surface area contributed by atoms with E-state index >= 15 is 0 Å². The van der Waals surface area contributed by atoms with Crippen molar-refractivity contribution >= 4 is 5.91 Å². The lowest BCUT2D eigenvalue weighted by molar-refractivity contribution is -0.132. The highest BCUT2D eigenvalue weighted by Gasteiger charge is 2.33. The van der Waals surface area contributed by atoms with E-state index in [1.165, 1.54) is 12.1 Å². The summed E-state index contributed by atoms with van der Waals surface area (Å²) in [4.78, 5) is 14.3. The lowest BCUT2D eigenvalue weighted by atomic mass is 10.0. The number of carbonyl (C=O) groups is 1. The maximum Gasteiger partial charge on any atom is 0.225 e. The largest absolute Gasteiger partial charge is 0.335 e. The summed E-state index contributed by atoms with van der Waals surface area (Å²) >= 11 is 0. The first-order valence-electron chi connectivity index (χ1n) is 8.08. The fourth-order valence-electron chi connectivity index (χ4n) is 2.76. The number of halogens is 2. The van der Waals surface area contributed by atoms with Gasteiger partial charge in [-0.1, -0.05) is 36.4 Å². The molecule has 1 fully saturated rings. The van der Waals surface area contributed by atoms with Gasteiger partial charge in [-0.3, -0.25) is 4.79 Å². The summed E-state index contributed by atoms with van der Waals surface area (Å²) in [7, 11) is 0. The molecule has 1 aliphatic carbocycles. The zero-order valence-corrected chi connectivity index (χ0v) is 13.3. The van der Waals surface area contributed by atoms with Crippen molar-refractivity contribution < 1.29 is 13.6 Å². The van der Waals surface area contributed by atoms with Gasteiger partial charge in [0, 0.05) is 36.7 Å². The second kappa shape index (κ2) is 7.09. The highest BCUT2D eigenvalue weighted by molar-refractivity contribution is 5.77. The molecule has 1 saturated carbocycles. The maximum atomic E-state index is 13.9. The van der Waals surface area contributed by atoms with Crippen LogP contribution in [0.3, 0.4) is 0 Å². The molecule has 2 N–H and O–H groups in total. The lowest BCUT2D eigenvalue weighted by Crippen LogP contribution is -2.35. The number of nitrogens with two attached hydrogens (primary N) is 1. The van der Waals surface area contributed by atoms with Crippen LogP contribution in [0.4, 0.5) is 8.78 Å². The van der Waals surface area contributed by atoms with E-state index in [1.54, 1.807) is 4.90 Å². The molecule has 1 aliphatic rings. The van der Waals surface area contributed by atoms with Crippen molar-refractivity contribution in [1.29, 1.82) is 0 Å². The van der Waals surface area contributed by atoms with Crippen LogP contribution in [-0.4, -0.2) is 16.8 Å². The van der Waals surface area contributed by atoms with Crippen LogP contribution in [0.1, 0.15) is 36.4 Å². The van der Waals surface area contributed by atoms with Gasteiger partial charge >= 0.3 is 0 Å². The van der Waals surface area contributed by atoms with E-state index < -0.39 is 17.7 Å². The summed E-state index contributed by atoms with van der Waals surface area (Å²) in [5.74, 6) is -1.34.